The SMILES string of the molecule is NC1(C(=O)N(Cc2ccncc2)C2CC2)CCCC1. The predicted molar refractivity (Wildman–Crippen MR) is 73.2 cm³/mol. The normalized spacial score (nSPS) is 21.3. The van der Waals surface area contributed by atoms with Crippen LogP contribution in [0.4, 0.5) is 0 Å². The van der Waals surface area contributed by atoms with Crippen LogP contribution < -0.4 is 5.73 Å². The summed E-state index contributed by atoms with van der Waals surface area (Å²) in [5.41, 5.74) is 6.85. The standard InChI is InChI=1S/C15H21N3O/c16-15(7-1-2-8-15)14(19)18(13-3-4-13)11-12-5-9-17-10-6-12/h5-6,9-10,13H,1-4,7-8,11,16H2. The van der Waals surface area contributed by atoms with Gasteiger partial charge in [0, 0.05) is 25.0 Å². The Balaban J connectivity index is 1.76. The van der Waals surface area contributed by atoms with Gasteiger partial charge in [0.15, 0.2) is 0 Å². The Kier molecular flexibility index (Phi) is 3.27. The number of amides is 1. The Bertz CT molecular complexity index is 450. The fourth-order valence-electron chi connectivity index (χ4n) is 2.94. The van der Waals surface area contributed by atoms with Gasteiger partial charge in [-0.1, -0.05) is 12.8 Å². The highest BCUT2D eigenvalue weighted by Gasteiger charge is 2.44. The molecule has 102 valence electrons. The van der Waals surface area contributed by atoms with Crippen molar-refractivity contribution in [2.24, 2.45) is 5.73 Å². The van der Waals surface area contributed by atoms with E-state index in [1.165, 1.54) is 0 Å². The van der Waals surface area contributed by atoms with Crippen LogP contribution in [0.15, 0.2) is 24.5 Å². The maximum Gasteiger partial charge on any atom is 0.243 e. The highest BCUT2D eigenvalue weighted by molar-refractivity contribution is 5.87. The van der Waals surface area contributed by atoms with Gasteiger partial charge in [0.25, 0.3) is 0 Å². The number of carbonyl (C=O) groups excluding carboxylic acids is 1. The largest absolute Gasteiger partial charge is 0.334 e. The monoisotopic (exact) mass is 259 g/mol. The zero-order valence-electron chi connectivity index (χ0n) is 11.2. The minimum atomic E-state index is -0.602. The summed E-state index contributed by atoms with van der Waals surface area (Å²) in [6.07, 6.45) is 9.62. The van der Waals surface area contributed by atoms with Crippen LogP contribution in [0.1, 0.15) is 44.1 Å². The minimum absolute atomic E-state index is 0.157. The quantitative estimate of drug-likeness (QED) is 0.897. The van der Waals surface area contributed by atoms with Gasteiger partial charge in [-0.05, 0) is 43.4 Å². The first-order valence-electron chi connectivity index (χ1n) is 7.18. The van der Waals surface area contributed by atoms with E-state index in [0.717, 1.165) is 44.1 Å². The summed E-state index contributed by atoms with van der Waals surface area (Å²) < 4.78 is 0. The molecule has 4 heteroatoms. The van der Waals surface area contributed by atoms with E-state index in [1.807, 2.05) is 17.0 Å². The van der Waals surface area contributed by atoms with Crippen LogP contribution in [-0.4, -0.2) is 27.4 Å². The van der Waals surface area contributed by atoms with Gasteiger partial charge in [-0.3, -0.25) is 9.78 Å². The van der Waals surface area contributed by atoms with E-state index < -0.39 is 5.54 Å². The third-order valence-corrected chi connectivity index (χ3v) is 4.27. The van der Waals surface area contributed by atoms with E-state index in [4.69, 9.17) is 5.73 Å². The summed E-state index contributed by atoms with van der Waals surface area (Å²) in [6.45, 7) is 0.672. The smallest absolute Gasteiger partial charge is 0.243 e. The molecule has 2 N–H and O–H groups in total. The first kappa shape index (κ1) is 12.6. The van der Waals surface area contributed by atoms with Crippen molar-refractivity contribution in [3.63, 3.8) is 0 Å². The lowest BCUT2D eigenvalue weighted by molar-refractivity contribution is -0.138. The van der Waals surface area contributed by atoms with Crippen LogP contribution in [0.3, 0.4) is 0 Å². The minimum Gasteiger partial charge on any atom is -0.334 e. The van der Waals surface area contributed by atoms with Crippen molar-refractivity contribution in [3.05, 3.63) is 30.1 Å². The molecule has 0 atom stereocenters. The molecule has 0 unspecified atom stereocenters. The number of rotatable bonds is 4. The summed E-state index contributed by atoms with van der Waals surface area (Å²) in [5.74, 6) is 0.157. The van der Waals surface area contributed by atoms with Crippen molar-refractivity contribution in [3.8, 4) is 0 Å². The first-order valence-corrected chi connectivity index (χ1v) is 7.18. The van der Waals surface area contributed by atoms with Gasteiger partial charge in [-0.15, -0.1) is 0 Å². The highest BCUT2D eigenvalue weighted by Crippen LogP contribution is 2.35. The molecule has 0 bridgehead atoms. The topological polar surface area (TPSA) is 59.2 Å². The zero-order chi connectivity index (χ0) is 13.3. The summed E-state index contributed by atoms with van der Waals surface area (Å²) in [5, 5.41) is 0. The van der Waals surface area contributed by atoms with Crippen molar-refractivity contribution >= 4 is 5.91 Å². The average molecular weight is 259 g/mol. The third-order valence-electron chi connectivity index (χ3n) is 4.27. The molecule has 1 aromatic heterocycles. The van der Waals surface area contributed by atoms with Crippen LogP contribution in [0.5, 0.6) is 0 Å². The molecule has 0 saturated heterocycles. The maximum absolute atomic E-state index is 12.7. The van der Waals surface area contributed by atoms with Crippen LogP contribution in [0, 0.1) is 0 Å². The van der Waals surface area contributed by atoms with Gasteiger partial charge in [0.2, 0.25) is 5.91 Å². The van der Waals surface area contributed by atoms with Gasteiger partial charge in [-0.2, -0.15) is 0 Å². The van der Waals surface area contributed by atoms with Crippen molar-refractivity contribution in [2.45, 2.75) is 56.7 Å². The molecule has 4 nitrogen and oxygen atoms in total. The Morgan fingerprint density at radius 1 is 1.32 bits per heavy atom. The molecule has 19 heavy (non-hydrogen) atoms. The van der Waals surface area contributed by atoms with Crippen LogP contribution in [0.2, 0.25) is 0 Å². The lowest BCUT2D eigenvalue weighted by Gasteiger charge is -2.31. The van der Waals surface area contributed by atoms with Crippen molar-refractivity contribution in [2.75, 3.05) is 0 Å². The van der Waals surface area contributed by atoms with Crippen molar-refractivity contribution in [1.82, 2.24) is 9.88 Å². The summed E-state index contributed by atoms with van der Waals surface area (Å²) in [7, 11) is 0. The molecule has 2 fully saturated rings. The number of hydrogen-bond acceptors (Lipinski definition) is 3. The lowest BCUT2D eigenvalue weighted by atomic mass is 9.96. The lowest BCUT2D eigenvalue weighted by Crippen LogP contribution is -2.54. The van der Waals surface area contributed by atoms with Gasteiger partial charge in [-0.25, -0.2) is 0 Å². The second-order valence-corrected chi connectivity index (χ2v) is 5.88. The Morgan fingerprint density at radius 3 is 2.53 bits per heavy atom. The Hall–Kier alpha value is -1.42. The molecule has 2 aliphatic rings. The van der Waals surface area contributed by atoms with E-state index in [9.17, 15) is 4.79 Å². The van der Waals surface area contributed by atoms with Crippen LogP contribution >= 0.6 is 0 Å². The summed E-state index contributed by atoms with van der Waals surface area (Å²) in [4.78, 5) is 18.8. The number of carbonyl (C=O) groups is 1. The van der Waals surface area contributed by atoms with Gasteiger partial charge in [0.1, 0.15) is 0 Å². The molecular formula is C15H21N3O. The second-order valence-electron chi connectivity index (χ2n) is 5.88. The van der Waals surface area contributed by atoms with Crippen molar-refractivity contribution in [1.29, 1.82) is 0 Å². The van der Waals surface area contributed by atoms with Gasteiger partial charge < -0.3 is 10.6 Å². The van der Waals surface area contributed by atoms with E-state index >= 15 is 0 Å². The van der Waals surface area contributed by atoms with Gasteiger partial charge >= 0.3 is 0 Å². The average Bonchev–Trinajstić information content (AvgIpc) is 3.18. The zero-order valence-corrected chi connectivity index (χ0v) is 11.2. The fraction of sp³-hybridized carbons (Fsp3) is 0.600. The summed E-state index contributed by atoms with van der Waals surface area (Å²) >= 11 is 0. The van der Waals surface area contributed by atoms with Crippen LogP contribution in [-0.2, 0) is 11.3 Å². The molecule has 0 aliphatic heterocycles. The second kappa shape index (κ2) is 4.93. The third kappa shape index (κ3) is 2.63. The fourth-order valence-corrected chi connectivity index (χ4v) is 2.94. The molecule has 3 rings (SSSR count). The molecule has 1 heterocycles. The molecule has 1 aromatic rings. The van der Waals surface area contributed by atoms with Crippen LogP contribution in [0.25, 0.3) is 0 Å². The Labute approximate surface area is 114 Å². The molecular weight excluding hydrogens is 238 g/mol. The number of aromatic nitrogens is 1. The molecule has 0 aromatic carbocycles. The van der Waals surface area contributed by atoms with E-state index in [0.29, 0.717) is 12.6 Å². The van der Waals surface area contributed by atoms with Gasteiger partial charge in [0.05, 0.1) is 5.54 Å². The molecule has 2 aliphatic carbocycles. The number of nitrogens with two attached hydrogens (primary N) is 1. The van der Waals surface area contributed by atoms with E-state index in [-0.39, 0.29) is 5.91 Å². The number of nitrogens with zero attached hydrogens (tertiary/aromatic N) is 2. The first-order chi connectivity index (χ1) is 9.19. The highest BCUT2D eigenvalue weighted by atomic mass is 16.2. The molecule has 0 radical (unpaired) electrons. The summed E-state index contributed by atoms with van der Waals surface area (Å²) in [6, 6.07) is 4.35. The van der Waals surface area contributed by atoms with E-state index in [1.54, 1.807) is 12.4 Å². The Morgan fingerprint density at radius 2 is 1.95 bits per heavy atom. The molecule has 0 spiro atoms. The van der Waals surface area contributed by atoms with Crippen molar-refractivity contribution < 1.29 is 4.79 Å². The predicted octanol–water partition coefficient (Wildman–Crippen LogP) is 1.84. The van der Waals surface area contributed by atoms with E-state index in [2.05, 4.69) is 4.98 Å². The molecule has 1 amide bonds. The number of pyridine rings is 1. The maximum atomic E-state index is 12.7. The number of hydrogen-bond donors (Lipinski definition) is 1. The molecule has 2 saturated carbocycles.